The number of piperazine rings is 2. The van der Waals surface area contributed by atoms with Crippen molar-refractivity contribution in [3.8, 4) is 0 Å². The lowest BCUT2D eigenvalue weighted by Crippen LogP contribution is -2.53. The van der Waals surface area contributed by atoms with Crippen LogP contribution in [-0.4, -0.2) is 77.8 Å². The Balaban J connectivity index is 1.22. The first-order chi connectivity index (χ1) is 22.4. The van der Waals surface area contributed by atoms with Gasteiger partial charge in [0.05, 0.1) is 21.9 Å². The lowest BCUT2D eigenvalue weighted by atomic mass is 9.90. The Morgan fingerprint density at radius 1 is 0.500 bits per heavy atom. The Bertz CT molecular complexity index is 1510. The molecule has 0 amide bonds. The van der Waals surface area contributed by atoms with Gasteiger partial charge in [0.25, 0.3) is 11.4 Å². The molecular weight excluding hydrogens is 584 g/mol. The number of rotatable bonds is 10. The van der Waals surface area contributed by atoms with Crippen molar-refractivity contribution in [1.29, 1.82) is 0 Å². The molecule has 2 aliphatic rings. The summed E-state index contributed by atoms with van der Waals surface area (Å²) in [6, 6.07) is 32.3. The molecule has 0 aromatic heterocycles. The van der Waals surface area contributed by atoms with Gasteiger partial charge in [-0.15, -0.1) is 0 Å². The van der Waals surface area contributed by atoms with Gasteiger partial charge in [0.2, 0.25) is 0 Å². The molecule has 0 saturated carbocycles. The van der Waals surface area contributed by atoms with E-state index in [2.05, 4.69) is 19.6 Å². The summed E-state index contributed by atoms with van der Waals surface area (Å²) in [4.78, 5) is 45.3. The fourth-order valence-electron chi connectivity index (χ4n) is 6.58. The average Bonchev–Trinajstić information content (AvgIpc) is 3.10. The van der Waals surface area contributed by atoms with Gasteiger partial charge in [-0.05, 0) is 35.4 Å². The number of nitro groups is 2. The number of nitrogens with zero attached hydrogens (tertiary/aromatic N) is 6. The summed E-state index contributed by atoms with van der Waals surface area (Å²) in [6.07, 6.45) is 0. The number of non-ortho nitro benzene ring substituents is 2. The van der Waals surface area contributed by atoms with E-state index in [0.29, 0.717) is 52.4 Å². The molecule has 2 atom stereocenters. The van der Waals surface area contributed by atoms with Gasteiger partial charge in [-0.25, -0.2) is 0 Å². The minimum Gasteiger partial charge on any atom is -0.369 e. The molecule has 11 nitrogen and oxygen atoms in total. The van der Waals surface area contributed by atoms with E-state index in [1.807, 2.05) is 60.7 Å². The third kappa shape index (κ3) is 6.75. The molecule has 236 valence electrons. The van der Waals surface area contributed by atoms with Crippen molar-refractivity contribution in [3.63, 3.8) is 0 Å². The van der Waals surface area contributed by atoms with Gasteiger partial charge < -0.3 is 9.80 Å². The number of nitro benzene ring substituents is 2. The van der Waals surface area contributed by atoms with Crippen molar-refractivity contribution in [2.45, 2.75) is 12.1 Å². The van der Waals surface area contributed by atoms with Crippen molar-refractivity contribution in [2.24, 2.45) is 0 Å². The van der Waals surface area contributed by atoms with Gasteiger partial charge in [0.1, 0.15) is 0 Å². The fourth-order valence-corrected chi connectivity index (χ4v) is 6.58. The highest BCUT2D eigenvalue weighted by Crippen LogP contribution is 2.34. The summed E-state index contributed by atoms with van der Waals surface area (Å²) >= 11 is 0. The zero-order valence-electron chi connectivity index (χ0n) is 25.4. The molecule has 0 aliphatic carbocycles. The van der Waals surface area contributed by atoms with Crippen LogP contribution in [0.4, 0.5) is 22.7 Å². The van der Waals surface area contributed by atoms with Crippen molar-refractivity contribution in [3.05, 3.63) is 141 Å². The van der Waals surface area contributed by atoms with Gasteiger partial charge >= 0.3 is 0 Å². The minimum absolute atomic E-state index is 0.0673. The monoisotopic (exact) mass is 620 g/mol. The van der Waals surface area contributed by atoms with Crippen LogP contribution in [0.5, 0.6) is 0 Å². The fraction of sp³-hybridized carbons (Fsp3) is 0.286. The molecule has 2 fully saturated rings. The first kappa shape index (κ1) is 30.9. The van der Waals surface area contributed by atoms with Crippen LogP contribution in [0.2, 0.25) is 0 Å². The minimum atomic E-state index is -0.446. The van der Waals surface area contributed by atoms with E-state index in [0.717, 1.165) is 22.5 Å². The number of hydrogen-bond acceptors (Lipinski definition) is 9. The Hall–Kier alpha value is -5.13. The molecule has 0 radical (unpaired) electrons. The second-order valence-corrected chi connectivity index (χ2v) is 11.6. The van der Waals surface area contributed by atoms with Gasteiger partial charge in [0, 0.05) is 88.0 Å². The molecule has 2 unspecified atom stereocenters. The quantitative estimate of drug-likeness (QED) is 0.167. The van der Waals surface area contributed by atoms with Crippen molar-refractivity contribution >= 4 is 28.5 Å². The van der Waals surface area contributed by atoms with Crippen LogP contribution in [0.25, 0.3) is 0 Å². The number of benzene rings is 4. The highest BCUT2D eigenvalue weighted by Gasteiger charge is 2.39. The zero-order chi connectivity index (χ0) is 32.0. The molecule has 2 heterocycles. The third-order valence-electron chi connectivity index (χ3n) is 8.98. The molecule has 6 rings (SSSR count). The predicted molar refractivity (Wildman–Crippen MR) is 177 cm³/mol. The second kappa shape index (κ2) is 13.9. The van der Waals surface area contributed by atoms with Crippen LogP contribution >= 0.6 is 0 Å². The summed E-state index contributed by atoms with van der Waals surface area (Å²) < 4.78 is 0. The van der Waals surface area contributed by atoms with Gasteiger partial charge in [-0.2, -0.15) is 0 Å². The van der Waals surface area contributed by atoms with E-state index < -0.39 is 21.9 Å². The molecule has 4 aromatic carbocycles. The zero-order valence-corrected chi connectivity index (χ0v) is 25.4. The van der Waals surface area contributed by atoms with Gasteiger partial charge in [0.15, 0.2) is 5.78 Å². The van der Waals surface area contributed by atoms with E-state index in [1.165, 1.54) is 24.3 Å². The van der Waals surface area contributed by atoms with Crippen LogP contribution in [-0.2, 0) is 4.79 Å². The first-order valence-corrected chi connectivity index (χ1v) is 15.5. The number of Topliss-reactive ketones (excluding diaryl/α,β-unsaturated/α-hetero) is 1. The molecule has 0 bridgehead atoms. The van der Waals surface area contributed by atoms with Crippen LogP contribution in [0.3, 0.4) is 0 Å². The summed E-state index contributed by atoms with van der Waals surface area (Å²) in [6.45, 7) is 5.43. The molecule has 2 saturated heterocycles. The normalized spacial score (nSPS) is 17.3. The number of carbonyl (C=O) groups excluding carboxylic acids is 1. The summed E-state index contributed by atoms with van der Waals surface area (Å²) in [7, 11) is 0. The van der Waals surface area contributed by atoms with Crippen LogP contribution in [0.15, 0.2) is 109 Å². The number of ketones is 1. The van der Waals surface area contributed by atoms with E-state index in [4.69, 9.17) is 0 Å². The summed E-state index contributed by atoms with van der Waals surface area (Å²) in [5.74, 6) is 0.130. The van der Waals surface area contributed by atoms with Gasteiger partial charge in [-0.3, -0.25) is 34.8 Å². The molecule has 0 spiro atoms. The summed E-state index contributed by atoms with van der Waals surface area (Å²) in [5.41, 5.74) is 3.92. The van der Waals surface area contributed by atoms with Crippen LogP contribution < -0.4 is 9.80 Å². The van der Waals surface area contributed by atoms with Crippen molar-refractivity contribution in [2.75, 3.05) is 62.2 Å². The van der Waals surface area contributed by atoms with E-state index in [-0.39, 0.29) is 17.2 Å². The maximum atomic E-state index is 14.9. The van der Waals surface area contributed by atoms with Crippen molar-refractivity contribution in [1.82, 2.24) is 9.80 Å². The standard InChI is InChI=1S/C35H36N6O5/c42-35(33(27-7-3-1-4-8-27)38-23-19-36(20-24-38)29-11-15-31(16-12-29)40(43)44)34(28-9-5-2-6-10-28)39-25-21-37(22-26-39)30-13-17-32(18-14-30)41(45)46/h1-18,33-34H,19-26H2. The first-order valence-electron chi connectivity index (χ1n) is 15.5. The Labute approximate surface area is 267 Å². The average molecular weight is 621 g/mol. The molecular formula is C35H36N6O5. The Kier molecular flexibility index (Phi) is 9.32. The maximum absolute atomic E-state index is 14.9. The molecule has 46 heavy (non-hydrogen) atoms. The van der Waals surface area contributed by atoms with E-state index in [1.54, 1.807) is 24.3 Å². The van der Waals surface area contributed by atoms with Crippen molar-refractivity contribution < 1.29 is 14.6 Å². The highest BCUT2D eigenvalue weighted by molar-refractivity contribution is 5.91. The lowest BCUT2D eigenvalue weighted by Gasteiger charge is -2.44. The number of anilines is 2. The molecule has 11 heteroatoms. The van der Waals surface area contributed by atoms with E-state index >= 15 is 0 Å². The molecule has 0 N–H and O–H groups in total. The highest BCUT2D eigenvalue weighted by atomic mass is 16.6. The molecule has 2 aliphatic heterocycles. The number of carbonyl (C=O) groups is 1. The Morgan fingerprint density at radius 2 is 0.826 bits per heavy atom. The molecule has 4 aromatic rings. The predicted octanol–water partition coefficient (Wildman–Crippen LogP) is 5.50. The largest absolute Gasteiger partial charge is 0.369 e. The maximum Gasteiger partial charge on any atom is 0.269 e. The van der Waals surface area contributed by atoms with Gasteiger partial charge in [-0.1, -0.05) is 60.7 Å². The van der Waals surface area contributed by atoms with Crippen LogP contribution in [0, 0.1) is 20.2 Å². The second-order valence-electron chi connectivity index (χ2n) is 11.6. The smallest absolute Gasteiger partial charge is 0.269 e. The summed E-state index contributed by atoms with van der Waals surface area (Å²) in [5, 5.41) is 22.2. The van der Waals surface area contributed by atoms with E-state index in [9.17, 15) is 25.0 Å². The van der Waals surface area contributed by atoms with Crippen LogP contribution in [0.1, 0.15) is 23.2 Å². The number of hydrogen-bond donors (Lipinski definition) is 0. The Morgan fingerprint density at radius 3 is 1.13 bits per heavy atom. The topological polar surface area (TPSA) is 116 Å². The lowest BCUT2D eigenvalue weighted by molar-refractivity contribution is -0.385. The third-order valence-corrected chi connectivity index (χ3v) is 8.98. The SMILES string of the molecule is O=C(C(c1ccccc1)N1CCN(c2ccc([N+](=O)[O-])cc2)CC1)C(c1ccccc1)N1CCN(c2ccc([N+](=O)[O-])cc2)CC1.